The molecule has 0 unspecified atom stereocenters. The number of fused-ring (bicyclic) bond motifs is 1. The highest BCUT2D eigenvalue weighted by Crippen LogP contribution is 2.40. The van der Waals surface area contributed by atoms with Gasteiger partial charge in [0.25, 0.3) is 0 Å². The molecule has 0 aliphatic carbocycles. The summed E-state index contributed by atoms with van der Waals surface area (Å²) in [5.41, 5.74) is 3.23. The Bertz CT molecular complexity index is 609. The Morgan fingerprint density at radius 2 is 1.80 bits per heavy atom. The standard InChI is InChI=1S/C17H17NO2/c1-20-17(19)14-11-16(12-7-3-2-4-8-12)18-15-10-6-5-9-13(14)15/h2-10,14,16,18H,11H2,1H3/t14-,16-/m1/s1. The van der Waals surface area contributed by atoms with Gasteiger partial charge in [0.05, 0.1) is 19.1 Å². The summed E-state index contributed by atoms with van der Waals surface area (Å²) < 4.78 is 4.96. The van der Waals surface area contributed by atoms with E-state index in [0.29, 0.717) is 6.42 Å². The van der Waals surface area contributed by atoms with E-state index in [0.717, 1.165) is 11.3 Å². The highest BCUT2D eigenvalue weighted by Gasteiger charge is 2.32. The number of ether oxygens (including phenoxy) is 1. The van der Waals surface area contributed by atoms with Crippen LogP contribution in [-0.4, -0.2) is 13.1 Å². The van der Waals surface area contributed by atoms with Crippen molar-refractivity contribution in [3.05, 3.63) is 65.7 Å². The lowest BCUT2D eigenvalue weighted by Crippen LogP contribution is -2.26. The van der Waals surface area contributed by atoms with E-state index >= 15 is 0 Å². The van der Waals surface area contributed by atoms with Crippen molar-refractivity contribution >= 4 is 11.7 Å². The highest BCUT2D eigenvalue weighted by atomic mass is 16.5. The molecule has 102 valence electrons. The average Bonchev–Trinajstić information content (AvgIpc) is 2.54. The monoisotopic (exact) mass is 267 g/mol. The Labute approximate surface area is 118 Å². The number of benzene rings is 2. The molecular formula is C17H17NO2. The fourth-order valence-electron chi connectivity index (χ4n) is 2.81. The van der Waals surface area contributed by atoms with Crippen LogP contribution in [0.3, 0.4) is 0 Å². The Morgan fingerprint density at radius 3 is 2.55 bits per heavy atom. The molecule has 3 rings (SSSR count). The van der Waals surface area contributed by atoms with Crippen molar-refractivity contribution in [1.82, 2.24) is 0 Å². The molecule has 0 bridgehead atoms. The lowest BCUT2D eigenvalue weighted by atomic mass is 9.84. The molecule has 1 N–H and O–H groups in total. The summed E-state index contributed by atoms with van der Waals surface area (Å²) in [6.45, 7) is 0. The van der Waals surface area contributed by atoms with Crippen molar-refractivity contribution in [2.45, 2.75) is 18.4 Å². The molecule has 1 heterocycles. The van der Waals surface area contributed by atoms with E-state index in [1.807, 2.05) is 42.5 Å². The predicted molar refractivity (Wildman–Crippen MR) is 78.6 cm³/mol. The summed E-state index contributed by atoms with van der Waals surface area (Å²) in [5, 5.41) is 3.51. The molecule has 0 fully saturated rings. The van der Waals surface area contributed by atoms with E-state index in [-0.39, 0.29) is 17.9 Å². The molecule has 20 heavy (non-hydrogen) atoms. The molecule has 2 atom stereocenters. The van der Waals surface area contributed by atoms with Gasteiger partial charge in [-0.15, -0.1) is 0 Å². The summed E-state index contributed by atoms with van der Waals surface area (Å²) in [7, 11) is 1.45. The summed E-state index contributed by atoms with van der Waals surface area (Å²) in [4.78, 5) is 12.1. The molecule has 0 spiro atoms. The fraction of sp³-hybridized carbons (Fsp3) is 0.235. The van der Waals surface area contributed by atoms with Gasteiger partial charge in [0, 0.05) is 5.69 Å². The molecular weight excluding hydrogens is 250 g/mol. The summed E-state index contributed by atoms with van der Waals surface area (Å²) in [6, 6.07) is 18.3. The minimum Gasteiger partial charge on any atom is -0.469 e. The lowest BCUT2D eigenvalue weighted by Gasteiger charge is -2.32. The van der Waals surface area contributed by atoms with Crippen molar-refractivity contribution in [2.75, 3.05) is 12.4 Å². The maximum atomic E-state index is 12.1. The van der Waals surface area contributed by atoms with Gasteiger partial charge in [-0.1, -0.05) is 48.5 Å². The third kappa shape index (κ3) is 2.27. The minimum absolute atomic E-state index is 0.134. The topological polar surface area (TPSA) is 38.3 Å². The van der Waals surface area contributed by atoms with E-state index in [9.17, 15) is 4.79 Å². The van der Waals surface area contributed by atoms with Gasteiger partial charge in [0.2, 0.25) is 0 Å². The normalized spacial score (nSPS) is 20.6. The molecule has 3 heteroatoms. The Kier molecular flexibility index (Phi) is 3.42. The van der Waals surface area contributed by atoms with Gasteiger partial charge < -0.3 is 10.1 Å². The van der Waals surface area contributed by atoms with Gasteiger partial charge in [0.1, 0.15) is 0 Å². The van der Waals surface area contributed by atoms with Gasteiger partial charge >= 0.3 is 5.97 Å². The first-order valence-electron chi connectivity index (χ1n) is 6.78. The van der Waals surface area contributed by atoms with Crippen LogP contribution in [0.2, 0.25) is 0 Å². The molecule has 2 aromatic carbocycles. The number of methoxy groups -OCH3 is 1. The van der Waals surface area contributed by atoms with Crippen LogP contribution in [0.15, 0.2) is 54.6 Å². The van der Waals surface area contributed by atoms with Crippen LogP contribution >= 0.6 is 0 Å². The smallest absolute Gasteiger partial charge is 0.313 e. The molecule has 0 saturated heterocycles. The lowest BCUT2D eigenvalue weighted by molar-refractivity contribution is -0.142. The molecule has 2 aromatic rings. The first kappa shape index (κ1) is 12.7. The summed E-state index contributed by atoms with van der Waals surface area (Å²) in [5.74, 6) is -0.373. The van der Waals surface area contributed by atoms with E-state index < -0.39 is 0 Å². The average molecular weight is 267 g/mol. The molecule has 0 saturated carbocycles. The number of esters is 1. The van der Waals surface area contributed by atoms with Crippen LogP contribution in [0.25, 0.3) is 0 Å². The second-order valence-electron chi connectivity index (χ2n) is 5.01. The van der Waals surface area contributed by atoms with E-state index in [1.54, 1.807) is 0 Å². The number of nitrogens with one attached hydrogen (secondary N) is 1. The van der Waals surface area contributed by atoms with Crippen LogP contribution in [0.4, 0.5) is 5.69 Å². The van der Waals surface area contributed by atoms with Gasteiger partial charge in [-0.3, -0.25) is 4.79 Å². The minimum atomic E-state index is -0.206. The zero-order chi connectivity index (χ0) is 13.9. The van der Waals surface area contributed by atoms with Gasteiger partial charge in [0.15, 0.2) is 0 Å². The summed E-state index contributed by atoms with van der Waals surface area (Å²) in [6.07, 6.45) is 0.716. The van der Waals surface area contributed by atoms with Crippen LogP contribution in [0, 0.1) is 0 Å². The number of carbonyl (C=O) groups excluding carboxylic acids is 1. The summed E-state index contributed by atoms with van der Waals surface area (Å²) >= 11 is 0. The molecule has 0 aromatic heterocycles. The van der Waals surface area contributed by atoms with Crippen molar-refractivity contribution in [3.63, 3.8) is 0 Å². The highest BCUT2D eigenvalue weighted by molar-refractivity contribution is 5.82. The molecule has 1 aliphatic heterocycles. The van der Waals surface area contributed by atoms with Crippen molar-refractivity contribution < 1.29 is 9.53 Å². The van der Waals surface area contributed by atoms with E-state index in [2.05, 4.69) is 17.4 Å². The first-order chi connectivity index (χ1) is 9.79. The maximum Gasteiger partial charge on any atom is 0.313 e. The third-order valence-electron chi connectivity index (χ3n) is 3.82. The first-order valence-corrected chi connectivity index (χ1v) is 6.78. The van der Waals surface area contributed by atoms with Gasteiger partial charge in [-0.25, -0.2) is 0 Å². The van der Waals surface area contributed by atoms with Gasteiger partial charge in [-0.05, 0) is 23.6 Å². The number of carbonyl (C=O) groups is 1. The second-order valence-corrected chi connectivity index (χ2v) is 5.01. The molecule has 0 radical (unpaired) electrons. The fourth-order valence-corrected chi connectivity index (χ4v) is 2.81. The van der Waals surface area contributed by atoms with Crippen LogP contribution in [0.1, 0.15) is 29.5 Å². The number of rotatable bonds is 2. The SMILES string of the molecule is COC(=O)[C@@H]1C[C@H](c2ccccc2)Nc2ccccc21. The zero-order valence-electron chi connectivity index (χ0n) is 11.4. The molecule has 3 nitrogen and oxygen atoms in total. The van der Waals surface area contributed by atoms with Crippen LogP contribution in [0.5, 0.6) is 0 Å². The number of para-hydroxylation sites is 1. The largest absolute Gasteiger partial charge is 0.469 e. The Balaban J connectivity index is 1.98. The predicted octanol–water partition coefficient (Wildman–Crippen LogP) is 3.50. The number of hydrogen-bond acceptors (Lipinski definition) is 3. The van der Waals surface area contributed by atoms with E-state index in [4.69, 9.17) is 4.74 Å². The van der Waals surface area contributed by atoms with E-state index in [1.165, 1.54) is 12.7 Å². The Hall–Kier alpha value is -2.29. The van der Waals surface area contributed by atoms with Crippen LogP contribution in [-0.2, 0) is 9.53 Å². The maximum absolute atomic E-state index is 12.1. The Morgan fingerprint density at radius 1 is 1.10 bits per heavy atom. The number of hydrogen-bond donors (Lipinski definition) is 1. The number of anilines is 1. The molecule has 1 aliphatic rings. The van der Waals surface area contributed by atoms with Crippen LogP contribution < -0.4 is 5.32 Å². The zero-order valence-corrected chi connectivity index (χ0v) is 11.4. The van der Waals surface area contributed by atoms with Crippen molar-refractivity contribution in [3.8, 4) is 0 Å². The van der Waals surface area contributed by atoms with Crippen molar-refractivity contribution in [2.24, 2.45) is 0 Å². The van der Waals surface area contributed by atoms with Gasteiger partial charge in [-0.2, -0.15) is 0 Å². The second kappa shape index (κ2) is 5.37. The molecule has 0 amide bonds. The third-order valence-corrected chi connectivity index (χ3v) is 3.82. The van der Waals surface area contributed by atoms with Crippen molar-refractivity contribution in [1.29, 1.82) is 0 Å². The quantitative estimate of drug-likeness (QED) is 0.846.